The summed E-state index contributed by atoms with van der Waals surface area (Å²) in [6.07, 6.45) is 1.76. The number of ether oxygens (including phenoxy) is 2. The maximum absolute atomic E-state index is 5.95. The molecule has 0 aromatic heterocycles. The van der Waals surface area contributed by atoms with Gasteiger partial charge in [-0.1, -0.05) is 41.9 Å². The second-order valence-corrected chi connectivity index (χ2v) is 8.28. The highest BCUT2D eigenvalue weighted by Gasteiger charge is 2.09. The molecule has 0 fully saturated rings. The smallest absolute Gasteiger partial charge is 0.148 e. The van der Waals surface area contributed by atoms with Crippen molar-refractivity contribution in [2.45, 2.75) is 13.2 Å². The molecule has 150 valence electrons. The van der Waals surface area contributed by atoms with Gasteiger partial charge in [0.25, 0.3) is 0 Å². The number of nitrogens with zero attached hydrogens (tertiary/aromatic N) is 1. The molecule has 3 aromatic rings. The lowest BCUT2D eigenvalue weighted by Crippen LogP contribution is -2.07. The molecule has 0 bridgehead atoms. The Labute approximate surface area is 192 Å². The average molecular weight is 539 g/mol. The van der Waals surface area contributed by atoms with Crippen LogP contribution < -0.4 is 14.9 Å². The number of hydrazone groups is 1. The summed E-state index contributed by atoms with van der Waals surface area (Å²) in [4.78, 5) is 0. The normalized spacial score (nSPS) is 10.9. The molecule has 0 spiro atoms. The van der Waals surface area contributed by atoms with E-state index in [1.54, 1.807) is 13.3 Å². The van der Waals surface area contributed by atoms with Gasteiger partial charge in [0.2, 0.25) is 0 Å². The van der Waals surface area contributed by atoms with Crippen LogP contribution >= 0.6 is 43.5 Å². The van der Waals surface area contributed by atoms with Gasteiger partial charge in [-0.3, -0.25) is 0 Å². The first-order valence-electron chi connectivity index (χ1n) is 8.81. The quantitative estimate of drug-likeness (QED) is 0.260. The molecule has 0 aliphatic heterocycles. The van der Waals surface area contributed by atoms with Crippen molar-refractivity contribution in [1.82, 2.24) is 5.43 Å². The molecule has 29 heavy (non-hydrogen) atoms. The van der Waals surface area contributed by atoms with Crippen molar-refractivity contribution in [2.75, 3.05) is 7.11 Å². The monoisotopic (exact) mass is 536 g/mol. The van der Waals surface area contributed by atoms with Crippen molar-refractivity contribution in [1.29, 1.82) is 0 Å². The fourth-order valence-electron chi connectivity index (χ4n) is 2.63. The van der Waals surface area contributed by atoms with Crippen molar-refractivity contribution in [2.24, 2.45) is 5.10 Å². The minimum atomic E-state index is 0.447. The summed E-state index contributed by atoms with van der Waals surface area (Å²) >= 11 is 13.1. The standard InChI is InChI=1S/C22H19Br2ClN2O2/c1-28-21-5-3-2-4-17(21)13-27-26-12-16-10-19(23)22(20(24)11-16)29-14-15-6-8-18(25)9-7-15/h2-12,27H,13-14H2,1H3/b26-12-. The number of halogens is 3. The summed E-state index contributed by atoms with van der Waals surface area (Å²) in [5, 5.41) is 5.01. The van der Waals surface area contributed by atoms with E-state index in [2.05, 4.69) is 42.4 Å². The summed E-state index contributed by atoms with van der Waals surface area (Å²) in [6.45, 7) is 1.02. The van der Waals surface area contributed by atoms with Crippen LogP contribution in [0, 0.1) is 0 Å². The van der Waals surface area contributed by atoms with Gasteiger partial charge < -0.3 is 14.9 Å². The van der Waals surface area contributed by atoms with E-state index in [-0.39, 0.29) is 0 Å². The fraction of sp³-hybridized carbons (Fsp3) is 0.136. The first-order valence-corrected chi connectivity index (χ1v) is 10.8. The summed E-state index contributed by atoms with van der Waals surface area (Å²) < 4.78 is 13.0. The van der Waals surface area contributed by atoms with E-state index in [1.807, 2.05) is 60.7 Å². The van der Waals surface area contributed by atoms with E-state index >= 15 is 0 Å². The Morgan fingerprint density at radius 2 is 1.72 bits per heavy atom. The predicted octanol–water partition coefficient (Wildman–Crippen LogP) is 6.58. The maximum Gasteiger partial charge on any atom is 0.148 e. The third-order valence-corrected chi connectivity index (χ3v) is 5.51. The molecule has 0 radical (unpaired) electrons. The highest BCUT2D eigenvalue weighted by Crippen LogP contribution is 2.35. The van der Waals surface area contributed by atoms with Crippen molar-refractivity contribution >= 4 is 49.7 Å². The average Bonchev–Trinajstić information content (AvgIpc) is 2.72. The molecular weight excluding hydrogens is 520 g/mol. The molecule has 1 N–H and O–H groups in total. The van der Waals surface area contributed by atoms with E-state index in [4.69, 9.17) is 21.1 Å². The van der Waals surface area contributed by atoms with Crippen LogP contribution in [0.2, 0.25) is 5.02 Å². The SMILES string of the molecule is COc1ccccc1CN/N=C\c1cc(Br)c(OCc2ccc(Cl)cc2)c(Br)c1. The Kier molecular flexibility index (Phi) is 7.98. The van der Waals surface area contributed by atoms with Crippen molar-refractivity contribution in [3.8, 4) is 11.5 Å². The van der Waals surface area contributed by atoms with Crippen LogP contribution in [0.15, 0.2) is 74.7 Å². The molecule has 7 heteroatoms. The fourth-order valence-corrected chi connectivity index (χ4v) is 4.20. The second-order valence-electron chi connectivity index (χ2n) is 6.13. The van der Waals surface area contributed by atoms with E-state index in [9.17, 15) is 0 Å². The number of rotatable bonds is 8. The zero-order valence-electron chi connectivity index (χ0n) is 15.7. The lowest BCUT2D eigenvalue weighted by molar-refractivity contribution is 0.302. The summed E-state index contributed by atoms with van der Waals surface area (Å²) in [7, 11) is 1.66. The summed E-state index contributed by atoms with van der Waals surface area (Å²) in [5.41, 5.74) is 6.06. The predicted molar refractivity (Wildman–Crippen MR) is 125 cm³/mol. The van der Waals surface area contributed by atoms with Crippen LogP contribution in [-0.4, -0.2) is 13.3 Å². The Hall–Kier alpha value is -2.02. The summed E-state index contributed by atoms with van der Waals surface area (Å²) in [5.74, 6) is 1.57. The number of benzene rings is 3. The zero-order chi connectivity index (χ0) is 20.6. The molecule has 3 rings (SSSR count). The van der Waals surface area contributed by atoms with Crippen LogP contribution in [0.1, 0.15) is 16.7 Å². The molecule has 0 saturated carbocycles. The number of para-hydroxylation sites is 1. The van der Waals surface area contributed by atoms with Crippen LogP contribution in [0.3, 0.4) is 0 Å². The van der Waals surface area contributed by atoms with Gasteiger partial charge in [0, 0.05) is 10.6 Å². The number of hydrogen-bond acceptors (Lipinski definition) is 4. The Bertz CT molecular complexity index is 971. The van der Waals surface area contributed by atoms with Gasteiger partial charge in [0.1, 0.15) is 18.1 Å². The van der Waals surface area contributed by atoms with Gasteiger partial charge in [-0.2, -0.15) is 5.10 Å². The van der Waals surface area contributed by atoms with Gasteiger partial charge in [-0.05, 0) is 73.3 Å². The molecule has 0 heterocycles. The highest BCUT2D eigenvalue weighted by atomic mass is 79.9. The van der Waals surface area contributed by atoms with Crippen molar-refractivity contribution in [3.05, 3.63) is 91.3 Å². The topological polar surface area (TPSA) is 42.8 Å². The molecule has 3 aromatic carbocycles. The van der Waals surface area contributed by atoms with Gasteiger partial charge >= 0.3 is 0 Å². The molecule has 4 nitrogen and oxygen atoms in total. The molecule has 0 atom stereocenters. The van der Waals surface area contributed by atoms with Crippen LogP contribution in [0.5, 0.6) is 11.5 Å². The maximum atomic E-state index is 5.95. The third-order valence-electron chi connectivity index (χ3n) is 4.08. The molecule has 0 aliphatic rings. The molecular formula is C22H19Br2ClN2O2. The van der Waals surface area contributed by atoms with Crippen LogP contribution in [-0.2, 0) is 13.2 Å². The van der Waals surface area contributed by atoms with E-state index in [1.165, 1.54) is 0 Å². The summed E-state index contributed by atoms with van der Waals surface area (Å²) in [6, 6.07) is 19.3. The number of hydrogen-bond donors (Lipinski definition) is 1. The molecule has 0 unspecified atom stereocenters. The second kappa shape index (κ2) is 10.7. The largest absolute Gasteiger partial charge is 0.496 e. The Morgan fingerprint density at radius 1 is 1.03 bits per heavy atom. The Balaban J connectivity index is 1.61. The van der Waals surface area contributed by atoms with Crippen LogP contribution in [0.4, 0.5) is 0 Å². The van der Waals surface area contributed by atoms with Gasteiger partial charge in [-0.25, -0.2) is 0 Å². The van der Waals surface area contributed by atoms with Gasteiger partial charge in [0.05, 0.1) is 28.8 Å². The van der Waals surface area contributed by atoms with E-state index in [0.29, 0.717) is 18.2 Å². The van der Waals surface area contributed by atoms with E-state index < -0.39 is 0 Å². The lowest BCUT2D eigenvalue weighted by atomic mass is 10.2. The molecule has 0 amide bonds. The molecule has 0 aliphatic carbocycles. The highest BCUT2D eigenvalue weighted by molar-refractivity contribution is 9.11. The zero-order valence-corrected chi connectivity index (χ0v) is 19.6. The minimum Gasteiger partial charge on any atom is -0.496 e. The van der Waals surface area contributed by atoms with Gasteiger partial charge in [-0.15, -0.1) is 0 Å². The first kappa shape index (κ1) is 21.7. The van der Waals surface area contributed by atoms with Gasteiger partial charge in [0.15, 0.2) is 0 Å². The Morgan fingerprint density at radius 3 is 2.41 bits per heavy atom. The number of methoxy groups -OCH3 is 1. The molecule has 0 saturated heterocycles. The minimum absolute atomic E-state index is 0.447. The first-order chi connectivity index (χ1) is 14.1. The number of nitrogens with one attached hydrogen (secondary N) is 1. The van der Waals surface area contributed by atoms with Crippen molar-refractivity contribution in [3.63, 3.8) is 0 Å². The van der Waals surface area contributed by atoms with E-state index in [0.717, 1.165) is 37.1 Å². The van der Waals surface area contributed by atoms with Crippen LogP contribution in [0.25, 0.3) is 0 Å². The lowest BCUT2D eigenvalue weighted by Gasteiger charge is -2.11. The van der Waals surface area contributed by atoms with Crippen molar-refractivity contribution < 1.29 is 9.47 Å². The third kappa shape index (κ3) is 6.23.